The van der Waals surface area contributed by atoms with E-state index in [2.05, 4.69) is 6.58 Å². The molecular formula is C20H16O3. The fourth-order valence-electron chi connectivity index (χ4n) is 2.42. The van der Waals surface area contributed by atoms with Crippen molar-refractivity contribution in [1.82, 2.24) is 0 Å². The third-order valence-corrected chi connectivity index (χ3v) is 3.50. The van der Waals surface area contributed by atoms with Gasteiger partial charge in [0.1, 0.15) is 22.5 Å². The number of phenols is 1. The largest absolute Gasteiger partial charge is 0.507 e. The van der Waals surface area contributed by atoms with Crippen molar-refractivity contribution in [3.8, 4) is 17.1 Å². The first-order chi connectivity index (χ1) is 11.1. The minimum Gasteiger partial charge on any atom is -0.507 e. The van der Waals surface area contributed by atoms with E-state index in [0.717, 1.165) is 11.1 Å². The Morgan fingerprint density at radius 2 is 1.87 bits per heavy atom. The van der Waals surface area contributed by atoms with Gasteiger partial charge in [0, 0.05) is 5.56 Å². The number of benzene rings is 2. The molecule has 0 saturated heterocycles. The highest BCUT2D eigenvalue weighted by atomic mass is 16.3. The number of hydrogen-bond acceptors (Lipinski definition) is 3. The minimum absolute atomic E-state index is 0.0826. The van der Waals surface area contributed by atoms with Crippen LogP contribution in [0, 0.1) is 0 Å². The van der Waals surface area contributed by atoms with Crippen molar-refractivity contribution in [2.45, 2.75) is 6.92 Å². The van der Waals surface area contributed by atoms with E-state index < -0.39 is 0 Å². The highest BCUT2D eigenvalue weighted by Crippen LogP contribution is 2.30. The van der Waals surface area contributed by atoms with E-state index in [0.29, 0.717) is 16.9 Å². The molecule has 3 aromatic rings. The predicted octanol–water partition coefficient (Wildman–Crippen LogP) is 4.75. The van der Waals surface area contributed by atoms with Crippen LogP contribution in [0.15, 0.2) is 76.0 Å². The second-order valence-corrected chi connectivity index (χ2v) is 5.37. The van der Waals surface area contributed by atoms with Gasteiger partial charge in [0.15, 0.2) is 0 Å². The molecule has 1 heterocycles. The smallest absolute Gasteiger partial charge is 0.204 e. The summed E-state index contributed by atoms with van der Waals surface area (Å²) in [5, 5.41) is 10.2. The summed E-state index contributed by atoms with van der Waals surface area (Å²) in [4.78, 5) is 12.9. The maximum absolute atomic E-state index is 12.9. The van der Waals surface area contributed by atoms with Crippen LogP contribution in [0.1, 0.15) is 12.5 Å². The van der Waals surface area contributed by atoms with E-state index in [1.807, 2.05) is 37.3 Å². The van der Waals surface area contributed by atoms with Crippen LogP contribution in [0.3, 0.4) is 0 Å². The molecule has 0 aliphatic carbocycles. The molecule has 0 saturated carbocycles. The molecule has 0 fully saturated rings. The second-order valence-electron chi connectivity index (χ2n) is 5.37. The molecular weight excluding hydrogens is 288 g/mol. The van der Waals surface area contributed by atoms with E-state index in [1.54, 1.807) is 24.3 Å². The van der Waals surface area contributed by atoms with Crippen molar-refractivity contribution in [2.75, 3.05) is 0 Å². The van der Waals surface area contributed by atoms with Crippen LogP contribution in [0.5, 0.6) is 5.75 Å². The molecule has 0 bridgehead atoms. The quantitative estimate of drug-likeness (QED) is 0.710. The van der Waals surface area contributed by atoms with Crippen molar-refractivity contribution in [3.63, 3.8) is 0 Å². The molecule has 2 aromatic carbocycles. The standard InChI is InChI=1S/C20H16O3/c1-13(2)11-12-15-19(22)18-16(21)9-6-10-17(18)23-20(15)14-7-4-3-5-8-14/h3-12,21H,1H2,2H3. The molecule has 1 aromatic heterocycles. The number of aromatic hydroxyl groups is 1. The van der Waals surface area contributed by atoms with Crippen LogP contribution in [0.4, 0.5) is 0 Å². The zero-order valence-electron chi connectivity index (χ0n) is 12.7. The van der Waals surface area contributed by atoms with Crippen molar-refractivity contribution in [3.05, 3.63) is 82.5 Å². The average molecular weight is 304 g/mol. The summed E-state index contributed by atoms with van der Waals surface area (Å²) in [5.74, 6) is 0.395. The van der Waals surface area contributed by atoms with E-state index in [-0.39, 0.29) is 16.6 Å². The van der Waals surface area contributed by atoms with Gasteiger partial charge >= 0.3 is 0 Å². The van der Waals surface area contributed by atoms with E-state index in [4.69, 9.17) is 4.42 Å². The summed E-state index contributed by atoms with van der Waals surface area (Å²) in [7, 11) is 0. The van der Waals surface area contributed by atoms with Crippen molar-refractivity contribution in [2.24, 2.45) is 0 Å². The first kappa shape index (κ1) is 14.9. The SMILES string of the molecule is C=C(C)C=Cc1c(-c2ccccc2)oc2cccc(O)c2c1=O. The molecule has 0 amide bonds. The number of rotatable bonds is 3. The number of hydrogen-bond donors (Lipinski definition) is 1. The minimum atomic E-state index is -0.263. The highest BCUT2D eigenvalue weighted by Gasteiger charge is 2.16. The van der Waals surface area contributed by atoms with E-state index >= 15 is 0 Å². The van der Waals surface area contributed by atoms with Gasteiger partial charge in [-0.2, -0.15) is 0 Å². The Morgan fingerprint density at radius 1 is 1.13 bits per heavy atom. The van der Waals surface area contributed by atoms with Gasteiger partial charge in [0.25, 0.3) is 0 Å². The lowest BCUT2D eigenvalue weighted by atomic mass is 10.0. The Balaban J connectivity index is 2.40. The van der Waals surface area contributed by atoms with Crippen LogP contribution < -0.4 is 5.43 Å². The number of phenolic OH excluding ortho intramolecular Hbond substituents is 1. The van der Waals surface area contributed by atoms with Gasteiger partial charge in [-0.15, -0.1) is 0 Å². The highest BCUT2D eigenvalue weighted by molar-refractivity contribution is 5.88. The normalized spacial score (nSPS) is 11.2. The maximum atomic E-state index is 12.9. The monoisotopic (exact) mass is 304 g/mol. The van der Waals surface area contributed by atoms with Gasteiger partial charge in [-0.05, 0) is 25.1 Å². The van der Waals surface area contributed by atoms with Crippen LogP contribution in [-0.4, -0.2) is 5.11 Å². The fourth-order valence-corrected chi connectivity index (χ4v) is 2.42. The molecule has 114 valence electrons. The second kappa shape index (κ2) is 5.97. The summed E-state index contributed by atoms with van der Waals surface area (Å²) in [5.41, 5.74) is 2.12. The van der Waals surface area contributed by atoms with Crippen LogP contribution >= 0.6 is 0 Å². The Hall–Kier alpha value is -3.07. The summed E-state index contributed by atoms with van der Waals surface area (Å²) in [6, 6.07) is 14.2. The molecule has 3 heteroatoms. The maximum Gasteiger partial charge on any atom is 0.204 e. The molecule has 0 aliphatic rings. The van der Waals surface area contributed by atoms with Crippen molar-refractivity contribution < 1.29 is 9.52 Å². The molecule has 0 atom stereocenters. The van der Waals surface area contributed by atoms with Gasteiger partial charge in [-0.1, -0.05) is 54.6 Å². The van der Waals surface area contributed by atoms with E-state index in [9.17, 15) is 9.90 Å². The molecule has 3 nitrogen and oxygen atoms in total. The predicted molar refractivity (Wildman–Crippen MR) is 93.4 cm³/mol. The van der Waals surface area contributed by atoms with Crippen molar-refractivity contribution in [1.29, 1.82) is 0 Å². The molecule has 3 rings (SSSR count). The van der Waals surface area contributed by atoms with Crippen molar-refractivity contribution >= 4 is 17.0 Å². The van der Waals surface area contributed by atoms with Gasteiger partial charge in [0.05, 0.1) is 5.56 Å². The molecule has 23 heavy (non-hydrogen) atoms. The third kappa shape index (κ3) is 2.81. The molecule has 0 aliphatic heterocycles. The Labute approximate surface area is 133 Å². The van der Waals surface area contributed by atoms with Crippen LogP contribution in [-0.2, 0) is 0 Å². The van der Waals surface area contributed by atoms with Gasteiger partial charge < -0.3 is 9.52 Å². The molecule has 0 unspecified atom stereocenters. The number of allylic oxidation sites excluding steroid dienone is 2. The van der Waals surface area contributed by atoms with E-state index in [1.165, 1.54) is 6.07 Å². The third-order valence-electron chi connectivity index (χ3n) is 3.50. The van der Waals surface area contributed by atoms with Crippen LogP contribution in [0.25, 0.3) is 28.4 Å². The summed E-state index contributed by atoms with van der Waals surface area (Å²) < 4.78 is 5.93. The molecule has 0 radical (unpaired) electrons. The average Bonchev–Trinajstić information content (AvgIpc) is 2.54. The topological polar surface area (TPSA) is 50.4 Å². The summed E-state index contributed by atoms with van der Waals surface area (Å²) >= 11 is 0. The Kier molecular flexibility index (Phi) is 3.85. The lowest BCUT2D eigenvalue weighted by Crippen LogP contribution is -2.07. The first-order valence-electron chi connectivity index (χ1n) is 7.25. The zero-order valence-corrected chi connectivity index (χ0v) is 12.7. The number of fused-ring (bicyclic) bond motifs is 1. The lowest BCUT2D eigenvalue weighted by molar-refractivity contribution is 0.479. The first-order valence-corrected chi connectivity index (χ1v) is 7.25. The Morgan fingerprint density at radius 3 is 2.57 bits per heavy atom. The van der Waals surface area contributed by atoms with Crippen LogP contribution in [0.2, 0.25) is 0 Å². The summed E-state index contributed by atoms with van der Waals surface area (Å²) in [6.07, 6.45) is 3.44. The van der Waals surface area contributed by atoms with Gasteiger partial charge in [-0.25, -0.2) is 0 Å². The van der Waals surface area contributed by atoms with Gasteiger partial charge in [-0.3, -0.25) is 4.79 Å². The fraction of sp³-hybridized carbons (Fsp3) is 0.0500. The van der Waals surface area contributed by atoms with Gasteiger partial charge in [0.2, 0.25) is 5.43 Å². The molecule has 0 spiro atoms. The lowest BCUT2D eigenvalue weighted by Gasteiger charge is -2.08. The Bertz CT molecular complexity index is 963. The summed E-state index contributed by atoms with van der Waals surface area (Å²) in [6.45, 7) is 5.66. The molecule has 1 N–H and O–H groups in total. The zero-order chi connectivity index (χ0) is 16.4.